The van der Waals surface area contributed by atoms with Crippen LogP contribution in [-0.2, 0) is 19.6 Å². The Bertz CT molecular complexity index is 1290. The molecule has 0 radical (unpaired) electrons. The zero-order chi connectivity index (χ0) is 22.1. The topological polar surface area (TPSA) is 39.4 Å². The van der Waals surface area contributed by atoms with Gasteiger partial charge in [0.1, 0.15) is 12.4 Å². The Labute approximate surface area is 200 Å². The van der Waals surface area contributed by atoms with Crippen LogP contribution in [0, 0.1) is 0 Å². The number of hydrogen-bond donors (Lipinski definition) is 0. The van der Waals surface area contributed by atoms with Crippen molar-refractivity contribution in [1.82, 2.24) is 14.0 Å². The second-order valence-electron chi connectivity index (χ2n) is 8.76. The number of fused-ring (bicyclic) bond motifs is 3. The minimum Gasteiger partial charge on any atom is -0.489 e. The molecule has 1 aliphatic heterocycles. The third kappa shape index (κ3) is 4.85. The summed E-state index contributed by atoms with van der Waals surface area (Å²) in [6.45, 7) is 8.14. The van der Waals surface area contributed by atoms with Gasteiger partial charge in [-0.1, -0.05) is 30.3 Å². The first kappa shape index (κ1) is 23.1. The van der Waals surface area contributed by atoms with E-state index in [1.165, 1.54) is 16.6 Å². The molecule has 172 valence electrons. The highest BCUT2D eigenvalue weighted by molar-refractivity contribution is 5.85. The number of pyridine rings is 1. The summed E-state index contributed by atoms with van der Waals surface area (Å²) in [4.78, 5) is 15.3. The molecule has 0 aliphatic carbocycles. The molecule has 0 atom stereocenters. The average molecular weight is 464 g/mol. The highest BCUT2D eigenvalue weighted by atomic mass is 35.5. The molecular weight excluding hydrogens is 434 g/mol. The molecule has 0 N–H and O–H groups in total. The Kier molecular flexibility index (Phi) is 6.91. The van der Waals surface area contributed by atoms with Crippen molar-refractivity contribution in [3.05, 3.63) is 94.5 Å². The molecule has 4 aromatic rings. The quantitative estimate of drug-likeness (QED) is 0.415. The zero-order valence-electron chi connectivity index (χ0n) is 19.1. The van der Waals surface area contributed by atoms with Gasteiger partial charge >= 0.3 is 0 Å². The number of rotatable bonds is 5. The molecule has 0 saturated heterocycles. The highest BCUT2D eigenvalue weighted by Gasteiger charge is 2.18. The molecule has 3 heterocycles. The number of ether oxygens (including phenoxy) is 1. The van der Waals surface area contributed by atoms with Crippen LogP contribution in [0.25, 0.3) is 16.6 Å². The Hall–Kier alpha value is -3.02. The van der Waals surface area contributed by atoms with E-state index in [2.05, 4.69) is 41.5 Å². The molecule has 0 saturated carbocycles. The fraction of sp³-hybridized carbons (Fsp3) is 0.296. The smallest absolute Gasteiger partial charge is 0.258 e. The van der Waals surface area contributed by atoms with E-state index in [0.29, 0.717) is 18.4 Å². The van der Waals surface area contributed by atoms with E-state index in [9.17, 15) is 4.79 Å². The summed E-state index contributed by atoms with van der Waals surface area (Å²) < 4.78 is 9.92. The molecule has 33 heavy (non-hydrogen) atoms. The number of benzene rings is 2. The van der Waals surface area contributed by atoms with E-state index in [1.807, 2.05) is 42.5 Å². The van der Waals surface area contributed by atoms with Gasteiger partial charge in [0.05, 0.1) is 0 Å². The molecular formula is C27H30ClN3O2. The highest BCUT2D eigenvalue weighted by Crippen LogP contribution is 2.25. The van der Waals surface area contributed by atoms with E-state index in [0.717, 1.165) is 37.3 Å². The zero-order valence-corrected chi connectivity index (χ0v) is 19.9. The van der Waals surface area contributed by atoms with Gasteiger partial charge in [0, 0.05) is 66.6 Å². The Morgan fingerprint density at radius 2 is 1.76 bits per heavy atom. The first-order valence-electron chi connectivity index (χ1n) is 11.3. The largest absolute Gasteiger partial charge is 0.489 e. The fourth-order valence-corrected chi connectivity index (χ4v) is 4.56. The Morgan fingerprint density at radius 3 is 2.52 bits per heavy atom. The summed E-state index contributed by atoms with van der Waals surface area (Å²) in [5, 5.41) is 1.19. The van der Waals surface area contributed by atoms with Crippen LogP contribution in [0.2, 0.25) is 0 Å². The lowest BCUT2D eigenvalue weighted by Crippen LogP contribution is -2.33. The van der Waals surface area contributed by atoms with E-state index in [4.69, 9.17) is 4.74 Å². The normalized spacial score (nSPS) is 14.0. The van der Waals surface area contributed by atoms with Crippen LogP contribution >= 0.6 is 12.4 Å². The van der Waals surface area contributed by atoms with Gasteiger partial charge in [0.2, 0.25) is 0 Å². The third-order valence-corrected chi connectivity index (χ3v) is 6.38. The number of hydrogen-bond acceptors (Lipinski definition) is 3. The van der Waals surface area contributed by atoms with Crippen molar-refractivity contribution in [2.24, 2.45) is 0 Å². The van der Waals surface area contributed by atoms with Crippen molar-refractivity contribution in [3.8, 4) is 11.4 Å². The van der Waals surface area contributed by atoms with Gasteiger partial charge in [-0.05, 0) is 49.7 Å². The maximum atomic E-state index is 12.8. The molecule has 0 bridgehead atoms. The van der Waals surface area contributed by atoms with Gasteiger partial charge in [-0.3, -0.25) is 14.3 Å². The van der Waals surface area contributed by atoms with Crippen LogP contribution in [0.4, 0.5) is 0 Å². The predicted molar refractivity (Wildman–Crippen MR) is 136 cm³/mol. The molecule has 5 rings (SSSR count). The van der Waals surface area contributed by atoms with Crippen molar-refractivity contribution >= 4 is 23.3 Å². The maximum absolute atomic E-state index is 12.8. The summed E-state index contributed by atoms with van der Waals surface area (Å²) in [7, 11) is 0. The molecule has 2 aromatic heterocycles. The van der Waals surface area contributed by atoms with E-state index < -0.39 is 0 Å². The van der Waals surface area contributed by atoms with Crippen LogP contribution in [0.3, 0.4) is 0 Å². The molecule has 1 aliphatic rings. The third-order valence-electron chi connectivity index (χ3n) is 6.38. The van der Waals surface area contributed by atoms with Crippen molar-refractivity contribution in [3.63, 3.8) is 0 Å². The van der Waals surface area contributed by atoms with Crippen molar-refractivity contribution in [2.75, 3.05) is 13.1 Å². The molecule has 0 amide bonds. The van der Waals surface area contributed by atoms with E-state index >= 15 is 0 Å². The van der Waals surface area contributed by atoms with Gasteiger partial charge in [-0.2, -0.15) is 0 Å². The molecule has 6 heteroatoms. The van der Waals surface area contributed by atoms with E-state index in [1.54, 1.807) is 16.8 Å². The van der Waals surface area contributed by atoms with Crippen LogP contribution in [0.5, 0.6) is 5.75 Å². The first-order chi connectivity index (χ1) is 15.6. The summed E-state index contributed by atoms with van der Waals surface area (Å²) in [5.41, 5.74) is 4.47. The number of halogens is 1. The minimum absolute atomic E-state index is 0. The van der Waals surface area contributed by atoms with Gasteiger partial charge in [0.15, 0.2) is 0 Å². The first-order valence-corrected chi connectivity index (χ1v) is 11.3. The monoisotopic (exact) mass is 463 g/mol. The molecule has 2 aromatic carbocycles. The van der Waals surface area contributed by atoms with Crippen LogP contribution in [0.15, 0.2) is 77.7 Å². The van der Waals surface area contributed by atoms with Crippen molar-refractivity contribution in [1.29, 1.82) is 0 Å². The number of aromatic nitrogens is 2. The SMILES string of the molecule is CC(C)N1CCc2cc3cc(-n4ccc(OCc5ccccc5)cc4=O)ccc3n2CC1.Cl. The lowest BCUT2D eigenvalue weighted by atomic mass is 10.2. The molecule has 5 nitrogen and oxygen atoms in total. The lowest BCUT2D eigenvalue weighted by Gasteiger charge is -2.23. The lowest BCUT2D eigenvalue weighted by molar-refractivity contribution is 0.227. The Balaban J connectivity index is 0.00000259. The van der Waals surface area contributed by atoms with Gasteiger partial charge in [0.25, 0.3) is 5.56 Å². The summed E-state index contributed by atoms with van der Waals surface area (Å²) in [6.07, 6.45) is 2.85. The van der Waals surface area contributed by atoms with Gasteiger partial charge in [-0.15, -0.1) is 12.4 Å². The van der Waals surface area contributed by atoms with Crippen molar-refractivity contribution in [2.45, 2.75) is 39.5 Å². The molecule has 0 fully saturated rings. The van der Waals surface area contributed by atoms with Crippen LogP contribution < -0.4 is 10.3 Å². The number of nitrogens with zero attached hydrogens (tertiary/aromatic N) is 3. The van der Waals surface area contributed by atoms with Crippen LogP contribution in [0.1, 0.15) is 25.1 Å². The summed E-state index contributed by atoms with van der Waals surface area (Å²) >= 11 is 0. The summed E-state index contributed by atoms with van der Waals surface area (Å²) in [5.74, 6) is 0.585. The van der Waals surface area contributed by atoms with Gasteiger partial charge < -0.3 is 9.30 Å². The standard InChI is InChI=1S/C27H29N3O2.ClH/c1-20(2)28-12-10-24-17-22-16-23(8-9-26(22)29(24)15-14-28)30-13-11-25(18-27(30)31)32-19-21-6-4-3-5-7-21;/h3-9,11,13,16-18,20H,10,12,14-15,19H2,1-2H3;1H. The second kappa shape index (κ2) is 9.86. The Morgan fingerprint density at radius 1 is 0.939 bits per heavy atom. The fourth-order valence-electron chi connectivity index (χ4n) is 4.56. The van der Waals surface area contributed by atoms with Crippen LogP contribution in [-0.4, -0.2) is 33.2 Å². The predicted octanol–water partition coefficient (Wildman–Crippen LogP) is 5.06. The maximum Gasteiger partial charge on any atom is 0.258 e. The second-order valence-corrected chi connectivity index (χ2v) is 8.76. The molecule has 0 unspecified atom stereocenters. The summed E-state index contributed by atoms with van der Waals surface area (Å²) in [6, 6.07) is 22.5. The minimum atomic E-state index is -0.0942. The molecule has 0 spiro atoms. The average Bonchev–Trinajstić information content (AvgIpc) is 3.00. The van der Waals surface area contributed by atoms with E-state index in [-0.39, 0.29) is 18.0 Å². The van der Waals surface area contributed by atoms with Gasteiger partial charge in [-0.25, -0.2) is 0 Å². The van der Waals surface area contributed by atoms with Crippen molar-refractivity contribution < 1.29 is 4.74 Å².